The Kier molecular flexibility index (Phi) is 2.90. The molecule has 1 heterocycles. The maximum atomic E-state index is 6.60. The maximum absolute atomic E-state index is 6.60. The van der Waals surface area contributed by atoms with E-state index in [0.29, 0.717) is 17.4 Å². The van der Waals surface area contributed by atoms with Crippen LogP contribution in [0.3, 0.4) is 0 Å². The van der Waals surface area contributed by atoms with E-state index in [-0.39, 0.29) is 5.60 Å². The zero-order valence-electron chi connectivity index (χ0n) is 13.5. The van der Waals surface area contributed by atoms with Gasteiger partial charge in [0, 0.05) is 8.07 Å². The molecule has 5 atom stereocenters. The van der Waals surface area contributed by atoms with E-state index >= 15 is 0 Å². The third-order valence-corrected chi connectivity index (χ3v) is 7.89. The Morgan fingerprint density at radius 3 is 2.47 bits per heavy atom. The third kappa shape index (κ3) is 2.06. The van der Waals surface area contributed by atoms with Gasteiger partial charge in [0.1, 0.15) is 0 Å². The molecule has 3 fully saturated rings. The number of hydrogen-bond acceptors (Lipinski definition) is 1. The van der Waals surface area contributed by atoms with Crippen molar-refractivity contribution in [1.82, 2.24) is 0 Å². The molecule has 2 bridgehead atoms. The minimum Gasteiger partial charge on any atom is -0.364 e. The van der Waals surface area contributed by atoms with Crippen molar-refractivity contribution in [2.24, 2.45) is 23.2 Å². The molecule has 0 aromatic heterocycles. The highest BCUT2D eigenvalue weighted by Crippen LogP contribution is 2.66. The Hall–Kier alpha value is -0.0831. The summed E-state index contributed by atoms with van der Waals surface area (Å²) in [4.78, 5) is 0. The first kappa shape index (κ1) is 13.9. The zero-order valence-corrected chi connectivity index (χ0v) is 14.5. The Labute approximate surface area is 119 Å². The van der Waals surface area contributed by atoms with Gasteiger partial charge in [-0.25, -0.2) is 0 Å². The summed E-state index contributed by atoms with van der Waals surface area (Å²) in [5.74, 6) is 2.43. The largest absolute Gasteiger partial charge is 0.364 e. The second-order valence-electron chi connectivity index (χ2n) is 9.09. The molecule has 0 N–H and O–H groups in total. The molecule has 1 spiro atoms. The van der Waals surface area contributed by atoms with E-state index in [4.69, 9.17) is 4.74 Å². The molecule has 1 aliphatic heterocycles. The fourth-order valence-corrected chi connectivity index (χ4v) is 6.31. The molecular weight excluding hydrogens is 248 g/mol. The minimum atomic E-state index is -1.03. The van der Waals surface area contributed by atoms with E-state index in [2.05, 4.69) is 52.6 Å². The van der Waals surface area contributed by atoms with Crippen molar-refractivity contribution in [2.45, 2.75) is 71.0 Å². The van der Waals surface area contributed by atoms with E-state index in [1.807, 2.05) is 0 Å². The normalized spacial score (nSPS) is 47.5. The lowest BCUT2D eigenvalue weighted by Gasteiger charge is -2.64. The van der Waals surface area contributed by atoms with E-state index < -0.39 is 8.07 Å². The van der Waals surface area contributed by atoms with Gasteiger partial charge in [-0.05, 0) is 42.1 Å². The average Bonchev–Trinajstić information content (AvgIpc) is 2.63. The topological polar surface area (TPSA) is 9.23 Å². The molecule has 1 nitrogen and oxygen atoms in total. The first-order chi connectivity index (χ1) is 8.64. The monoisotopic (exact) mass is 278 g/mol. The highest BCUT2D eigenvalue weighted by atomic mass is 28.3. The second kappa shape index (κ2) is 3.97. The molecule has 108 valence electrons. The summed E-state index contributed by atoms with van der Waals surface area (Å²) in [5.41, 5.74) is 0.645. The van der Waals surface area contributed by atoms with Crippen LogP contribution in [0.5, 0.6) is 0 Å². The van der Waals surface area contributed by atoms with E-state index in [0.717, 1.165) is 11.8 Å². The molecule has 4 rings (SSSR count). The summed E-state index contributed by atoms with van der Waals surface area (Å²) in [6, 6.07) is 1.27. The minimum absolute atomic E-state index is 0.0907. The first-order valence-corrected chi connectivity index (χ1v) is 11.7. The number of ether oxygens (including phenoxy) is 1. The van der Waals surface area contributed by atoms with Gasteiger partial charge in [-0.2, -0.15) is 0 Å². The van der Waals surface area contributed by atoms with Gasteiger partial charge in [-0.1, -0.05) is 52.6 Å². The van der Waals surface area contributed by atoms with Crippen LogP contribution in [0.15, 0.2) is 12.2 Å². The molecule has 0 radical (unpaired) electrons. The number of rotatable bonds is 2. The molecule has 0 aromatic rings. The van der Waals surface area contributed by atoms with Crippen LogP contribution < -0.4 is 0 Å². The molecule has 2 unspecified atom stereocenters. The average molecular weight is 279 g/mol. The smallest absolute Gasteiger partial charge is 0.0902 e. The number of hydrogen-bond donors (Lipinski definition) is 0. The lowest BCUT2D eigenvalue weighted by atomic mass is 9.42. The van der Waals surface area contributed by atoms with Crippen molar-refractivity contribution in [3.05, 3.63) is 12.2 Å². The molecule has 3 aliphatic carbocycles. The molecule has 2 heteroatoms. The lowest BCUT2D eigenvalue weighted by Crippen LogP contribution is -2.62. The molecule has 0 amide bonds. The molecule has 4 aliphatic rings. The molecule has 0 aromatic carbocycles. The standard InChI is InChI=1S/C17H30OSi/c1-12-15-9-13(16(15,2)3)10-17(12)8-7-14(18-17)11-19(4,5)6/h7-8,12-15H,9-11H2,1-6H3/t12-,13+,14?,15-,17?/m0/s1. The van der Waals surface area contributed by atoms with Crippen molar-refractivity contribution < 1.29 is 4.74 Å². The van der Waals surface area contributed by atoms with Gasteiger partial charge in [0.2, 0.25) is 0 Å². The highest BCUT2D eigenvalue weighted by molar-refractivity contribution is 6.76. The quantitative estimate of drug-likeness (QED) is 0.524. The van der Waals surface area contributed by atoms with E-state index in [9.17, 15) is 0 Å². The fourth-order valence-electron chi connectivity index (χ4n) is 4.88. The molecule has 3 saturated carbocycles. The Balaban J connectivity index is 1.73. The van der Waals surface area contributed by atoms with Gasteiger partial charge >= 0.3 is 0 Å². The lowest BCUT2D eigenvalue weighted by molar-refractivity contribution is -0.206. The Bertz CT molecular complexity index is 406. The van der Waals surface area contributed by atoms with Crippen molar-refractivity contribution in [3.63, 3.8) is 0 Å². The van der Waals surface area contributed by atoms with E-state index in [1.165, 1.54) is 18.9 Å². The summed E-state index contributed by atoms with van der Waals surface area (Å²) in [7, 11) is -1.03. The van der Waals surface area contributed by atoms with Crippen LogP contribution >= 0.6 is 0 Å². The van der Waals surface area contributed by atoms with Crippen LogP contribution in [0, 0.1) is 23.2 Å². The highest BCUT2D eigenvalue weighted by Gasteiger charge is 2.62. The van der Waals surface area contributed by atoms with Gasteiger partial charge < -0.3 is 4.74 Å². The summed E-state index contributed by atoms with van der Waals surface area (Å²) in [6.07, 6.45) is 7.92. The van der Waals surface area contributed by atoms with Gasteiger partial charge in [-0.3, -0.25) is 0 Å². The van der Waals surface area contributed by atoms with Crippen molar-refractivity contribution in [3.8, 4) is 0 Å². The summed E-state index contributed by atoms with van der Waals surface area (Å²) < 4.78 is 6.60. The second-order valence-corrected chi connectivity index (χ2v) is 14.6. The molecule has 19 heavy (non-hydrogen) atoms. The SMILES string of the molecule is C[C@H]1[C@@H]2C[C@H](CC13C=CC(C[Si](C)(C)C)O3)C2(C)C. The predicted octanol–water partition coefficient (Wildman–Crippen LogP) is 4.72. The van der Waals surface area contributed by atoms with Crippen LogP contribution in [0.25, 0.3) is 0 Å². The van der Waals surface area contributed by atoms with Gasteiger partial charge in [0.25, 0.3) is 0 Å². The molecule has 0 saturated heterocycles. The van der Waals surface area contributed by atoms with Gasteiger partial charge in [0.15, 0.2) is 0 Å². The fraction of sp³-hybridized carbons (Fsp3) is 0.882. The van der Waals surface area contributed by atoms with Crippen LogP contribution in [0.4, 0.5) is 0 Å². The van der Waals surface area contributed by atoms with Gasteiger partial charge in [0.05, 0.1) is 11.7 Å². The zero-order chi connectivity index (χ0) is 14.1. The summed E-state index contributed by atoms with van der Waals surface area (Å²) in [6.45, 7) is 14.7. The van der Waals surface area contributed by atoms with Crippen LogP contribution in [0.2, 0.25) is 25.7 Å². The Morgan fingerprint density at radius 1 is 1.26 bits per heavy atom. The Morgan fingerprint density at radius 2 is 1.95 bits per heavy atom. The predicted molar refractivity (Wildman–Crippen MR) is 84.1 cm³/mol. The maximum Gasteiger partial charge on any atom is 0.0902 e. The summed E-state index contributed by atoms with van der Waals surface area (Å²) >= 11 is 0. The molecular formula is C17H30OSi. The van der Waals surface area contributed by atoms with Crippen molar-refractivity contribution in [1.29, 1.82) is 0 Å². The van der Waals surface area contributed by atoms with Crippen LogP contribution in [-0.2, 0) is 4.74 Å². The van der Waals surface area contributed by atoms with Crippen LogP contribution in [0.1, 0.15) is 33.6 Å². The van der Waals surface area contributed by atoms with E-state index in [1.54, 1.807) is 0 Å². The van der Waals surface area contributed by atoms with Crippen molar-refractivity contribution >= 4 is 8.07 Å². The van der Waals surface area contributed by atoms with Crippen LogP contribution in [-0.4, -0.2) is 19.8 Å². The van der Waals surface area contributed by atoms with Gasteiger partial charge in [-0.15, -0.1) is 0 Å². The summed E-state index contributed by atoms with van der Waals surface area (Å²) in [5, 5.41) is 0. The van der Waals surface area contributed by atoms with Crippen molar-refractivity contribution in [2.75, 3.05) is 0 Å². The first-order valence-electron chi connectivity index (χ1n) is 8.01. The third-order valence-electron chi connectivity index (χ3n) is 6.26.